The van der Waals surface area contributed by atoms with E-state index in [1.807, 2.05) is 6.07 Å². The quantitative estimate of drug-likeness (QED) is 0.810. The Kier molecular flexibility index (Phi) is 7.10. The summed E-state index contributed by atoms with van der Waals surface area (Å²) in [5.41, 5.74) is 2.02. The lowest BCUT2D eigenvalue weighted by Crippen LogP contribution is -2.52. The second-order valence-corrected chi connectivity index (χ2v) is 7.31. The Hall–Kier alpha value is -2.08. The van der Waals surface area contributed by atoms with Crippen LogP contribution in [0.2, 0.25) is 5.02 Å². The van der Waals surface area contributed by atoms with E-state index in [2.05, 4.69) is 46.3 Å². The van der Waals surface area contributed by atoms with Gasteiger partial charge in [0.1, 0.15) is 6.61 Å². The molecule has 27 heavy (non-hydrogen) atoms. The Morgan fingerprint density at radius 2 is 1.89 bits per heavy atom. The molecule has 1 N–H and O–H groups in total. The summed E-state index contributed by atoms with van der Waals surface area (Å²) in [4.78, 5) is 16.7. The number of benzene rings is 2. The number of carbonyl (C=O) groups is 1. The van der Waals surface area contributed by atoms with Gasteiger partial charge in [0, 0.05) is 49.5 Å². The van der Waals surface area contributed by atoms with Crippen molar-refractivity contribution in [1.29, 1.82) is 0 Å². The molecule has 144 valence electrons. The second kappa shape index (κ2) is 9.74. The maximum atomic E-state index is 11.9. The van der Waals surface area contributed by atoms with Gasteiger partial charge in [-0.15, -0.1) is 0 Å². The highest BCUT2D eigenvalue weighted by Gasteiger charge is 2.23. The fourth-order valence-electron chi connectivity index (χ4n) is 3.28. The number of anilines is 1. The minimum absolute atomic E-state index is 0.380. The van der Waals surface area contributed by atoms with Crippen molar-refractivity contribution < 1.29 is 9.53 Å². The molecule has 0 aliphatic carbocycles. The minimum atomic E-state index is -0.437. The molecule has 0 bridgehead atoms. The molecule has 1 heterocycles. The molecular formula is C21H26ClN3O2. The second-order valence-electron chi connectivity index (χ2n) is 6.87. The molecular weight excluding hydrogens is 362 g/mol. The first-order chi connectivity index (χ1) is 13.1. The first-order valence-corrected chi connectivity index (χ1v) is 9.67. The molecule has 0 aromatic heterocycles. The molecule has 1 atom stereocenters. The fraction of sp³-hybridized carbons (Fsp3) is 0.381. The van der Waals surface area contributed by atoms with Gasteiger partial charge in [-0.1, -0.05) is 41.9 Å². The fourth-order valence-corrected chi connectivity index (χ4v) is 3.41. The van der Waals surface area contributed by atoms with Crippen LogP contribution >= 0.6 is 11.6 Å². The van der Waals surface area contributed by atoms with Gasteiger partial charge < -0.3 is 4.74 Å². The Morgan fingerprint density at radius 1 is 1.15 bits per heavy atom. The molecule has 2 aromatic rings. The molecule has 1 fully saturated rings. The zero-order valence-electron chi connectivity index (χ0n) is 15.6. The maximum absolute atomic E-state index is 11.9. The van der Waals surface area contributed by atoms with Gasteiger partial charge in [0.05, 0.1) is 0 Å². The van der Waals surface area contributed by atoms with Crippen molar-refractivity contribution >= 4 is 23.4 Å². The molecule has 1 aliphatic heterocycles. The summed E-state index contributed by atoms with van der Waals surface area (Å²) >= 11 is 5.83. The summed E-state index contributed by atoms with van der Waals surface area (Å²) in [5.74, 6) is 0. The summed E-state index contributed by atoms with van der Waals surface area (Å²) in [5, 5.41) is 3.34. The van der Waals surface area contributed by atoms with E-state index >= 15 is 0 Å². The van der Waals surface area contributed by atoms with E-state index in [0.717, 1.165) is 32.7 Å². The third-order valence-electron chi connectivity index (χ3n) is 4.81. The zero-order valence-corrected chi connectivity index (χ0v) is 16.4. The van der Waals surface area contributed by atoms with E-state index in [9.17, 15) is 4.79 Å². The molecule has 0 spiro atoms. The van der Waals surface area contributed by atoms with E-state index in [-0.39, 0.29) is 0 Å². The molecule has 1 amide bonds. The lowest BCUT2D eigenvalue weighted by Gasteiger charge is -2.39. The van der Waals surface area contributed by atoms with Crippen LogP contribution in [0.5, 0.6) is 0 Å². The molecule has 5 nitrogen and oxygen atoms in total. The van der Waals surface area contributed by atoms with Gasteiger partial charge in [-0.25, -0.2) is 4.79 Å². The van der Waals surface area contributed by atoms with Gasteiger partial charge in [0.2, 0.25) is 0 Å². The Morgan fingerprint density at radius 3 is 2.59 bits per heavy atom. The molecule has 1 aliphatic rings. The molecule has 1 unspecified atom stereocenters. The molecule has 1 saturated heterocycles. The zero-order chi connectivity index (χ0) is 19.1. The molecule has 2 aromatic carbocycles. The normalized spacial score (nSPS) is 18.2. The van der Waals surface area contributed by atoms with Crippen molar-refractivity contribution in [1.82, 2.24) is 9.80 Å². The van der Waals surface area contributed by atoms with Crippen LogP contribution in [0.1, 0.15) is 12.5 Å². The number of carbonyl (C=O) groups excluding carboxylic acids is 1. The van der Waals surface area contributed by atoms with Crippen molar-refractivity contribution in [3.63, 3.8) is 0 Å². The minimum Gasteiger partial charge on any atom is -0.448 e. The van der Waals surface area contributed by atoms with Crippen LogP contribution in [-0.4, -0.2) is 54.7 Å². The Balaban J connectivity index is 1.36. The SMILES string of the molecule is CC1CN(CCOC(=O)Nc2ccc(Cl)cc2)CCN1Cc1ccccc1. The number of ether oxygens (including phenoxy) is 1. The van der Waals surface area contributed by atoms with Crippen LogP contribution in [0.4, 0.5) is 10.5 Å². The third-order valence-corrected chi connectivity index (χ3v) is 5.06. The van der Waals surface area contributed by atoms with Crippen LogP contribution in [0.15, 0.2) is 54.6 Å². The first kappa shape index (κ1) is 19.7. The van der Waals surface area contributed by atoms with Gasteiger partial charge >= 0.3 is 6.09 Å². The topological polar surface area (TPSA) is 44.8 Å². The highest BCUT2D eigenvalue weighted by molar-refractivity contribution is 6.30. The number of rotatable bonds is 6. The predicted molar refractivity (Wildman–Crippen MR) is 109 cm³/mol. The average molecular weight is 388 g/mol. The van der Waals surface area contributed by atoms with Crippen molar-refractivity contribution in [2.75, 3.05) is 38.1 Å². The van der Waals surface area contributed by atoms with E-state index in [1.54, 1.807) is 24.3 Å². The monoisotopic (exact) mass is 387 g/mol. The van der Waals surface area contributed by atoms with Gasteiger partial charge in [0.25, 0.3) is 0 Å². The Labute approximate surface area is 165 Å². The summed E-state index contributed by atoms with van der Waals surface area (Å²) in [6.07, 6.45) is -0.437. The van der Waals surface area contributed by atoms with E-state index < -0.39 is 6.09 Å². The Bertz CT molecular complexity index is 724. The number of nitrogens with one attached hydrogen (secondary N) is 1. The van der Waals surface area contributed by atoms with Crippen LogP contribution in [0, 0.1) is 0 Å². The smallest absolute Gasteiger partial charge is 0.411 e. The number of halogens is 1. The van der Waals surface area contributed by atoms with Gasteiger partial charge in [0.15, 0.2) is 0 Å². The number of nitrogens with zero attached hydrogens (tertiary/aromatic N) is 2. The van der Waals surface area contributed by atoms with E-state index in [0.29, 0.717) is 23.4 Å². The van der Waals surface area contributed by atoms with E-state index in [4.69, 9.17) is 16.3 Å². The first-order valence-electron chi connectivity index (χ1n) is 9.30. The van der Waals surface area contributed by atoms with Crippen molar-refractivity contribution in [2.24, 2.45) is 0 Å². The standard InChI is InChI=1S/C21H26ClN3O2/c1-17-15-24(11-12-25(17)16-18-5-3-2-4-6-18)13-14-27-21(26)23-20-9-7-19(22)8-10-20/h2-10,17H,11-16H2,1H3,(H,23,26). The van der Waals surface area contributed by atoms with Gasteiger partial charge in [-0.3, -0.25) is 15.1 Å². The number of hydrogen-bond acceptors (Lipinski definition) is 4. The lowest BCUT2D eigenvalue weighted by atomic mass is 10.1. The van der Waals surface area contributed by atoms with Crippen LogP contribution in [0.3, 0.4) is 0 Å². The molecule has 0 radical (unpaired) electrons. The van der Waals surface area contributed by atoms with Gasteiger partial charge in [-0.2, -0.15) is 0 Å². The molecule has 6 heteroatoms. The maximum Gasteiger partial charge on any atom is 0.411 e. The molecule has 0 saturated carbocycles. The van der Waals surface area contributed by atoms with E-state index in [1.165, 1.54) is 5.56 Å². The van der Waals surface area contributed by atoms with Crippen molar-refractivity contribution in [3.05, 3.63) is 65.2 Å². The molecule has 3 rings (SSSR count). The van der Waals surface area contributed by atoms with Crippen molar-refractivity contribution in [3.8, 4) is 0 Å². The summed E-state index contributed by atoms with van der Waals surface area (Å²) < 4.78 is 5.30. The highest BCUT2D eigenvalue weighted by Crippen LogP contribution is 2.15. The number of piperazine rings is 1. The number of hydrogen-bond donors (Lipinski definition) is 1. The summed E-state index contributed by atoms with van der Waals surface area (Å²) in [7, 11) is 0. The van der Waals surface area contributed by atoms with Crippen LogP contribution in [0.25, 0.3) is 0 Å². The average Bonchev–Trinajstić information content (AvgIpc) is 2.67. The summed E-state index contributed by atoms with van der Waals surface area (Å²) in [6, 6.07) is 18.0. The predicted octanol–water partition coefficient (Wildman–Crippen LogP) is 4.09. The van der Waals surface area contributed by atoms with Crippen LogP contribution in [-0.2, 0) is 11.3 Å². The lowest BCUT2D eigenvalue weighted by molar-refractivity contribution is 0.0625. The van der Waals surface area contributed by atoms with Crippen molar-refractivity contribution in [2.45, 2.75) is 19.5 Å². The largest absolute Gasteiger partial charge is 0.448 e. The highest BCUT2D eigenvalue weighted by atomic mass is 35.5. The number of amides is 1. The third kappa shape index (κ3) is 6.24. The van der Waals surface area contributed by atoms with Gasteiger partial charge in [-0.05, 0) is 36.8 Å². The van der Waals surface area contributed by atoms with Crippen LogP contribution < -0.4 is 5.32 Å². The summed E-state index contributed by atoms with van der Waals surface area (Å²) in [6.45, 7) is 7.35.